The quantitative estimate of drug-likeness (QED) is 0.735. The van der Waals surface area contributed by atoms with Crippen LogP contribution in [0.1, 0.15) is 10.4 Å². The van der Waals surface area contributed by atoms with Crippen molar-refractivity contribution < 1.29 is 15.0 Å². The molecule has 3 aromatic heterocycles. The van der Waals surface area contributed by atoms with Crippen LogP contribution in [-0.2, 0) is 5.11 Å². The molecule has 0 atom stereocenters. The summed E-state index contributed by atoms with van der Waals surface area (Å²) in [5, 5.41) is 20.9. The first-order valence-corrected chi connectivity index (χ1v) is 6.05. The molecule has 0 saturated carbocycles. The Morgan fingerprint density at radius 1 is 1.21 bits per heavy atom. The lowest BCUT2D eigenvalue weighted by Crippen LogP contribution is -1.97. The third kappa shape index (κ3) is 3.46. The van der Waals surface area contributed by atoms with Gasteiger partial charge >= 0.3 is 11.2 Å². The number of hydrogen-bond acceptors (Lipinski definition) is 5. The largest absolute Gasteiger partial charge is 0.478 e. The average Bonchev–Trinajstić information content (AvgIpc) is 2.90. The van der Waals surface area contributed by atoms with E-state index in [0.717, 1.165) is 16.7 Å². The highest BCUT2D eigenvalue weighted by Gasteiger charge is 2.03. The summed E-state index contributed by atoms with van der Waals surface area (Å²) < 4.78 is 0. The zero-order chi connectivity index (χ0) is 13.7. The van der Waals surface area contributed by atoms with Crippen LogP contribution in [0.2, 0.25) is 0 Å². The highest BCUT2D eigenvalue weighted by Crippen LogP contribution is 2.10. The van der Waals surface area contributed by atoms with E-state index in [4.69, 9.17) is 5.11 Å². The summed E-state index contributed by atoms with van der Waals surface area (Å²) in [5.41, 5.74) is 0.744. The molecule has 3 aromatic rings. The van der Waals surface area contributed by atoms with Gasteiger partial charge in [-0.05, 0) is 18.2 Å². The second-order valence-electron chi connectivity index (χ2n) is 3.38. The van der Waals surface area contributed by atoms with Crippen LogP contribution in [0.15, 0.2) is 42.2 Å². The number of carbonyl (C=O) groups is 1. The Morgan fingerprint density at radius 3 is 2.63 bits per heavy atom. The van der Waals surface area contributed by atoms with E-state index in [1.807, 2.05) is 0 Å². The maximum atomic E-state index is 10.6. The Bertz CT molecular complexity index is 686. The van der Waals surface area contributed by atoms with Crippen LogP contribution >= 0.6 is 11.3 Å². The fourth-order valence-corrected chi connectivity index (χ4v) is 1.65. The number of fused-ring (bicyclic) bond motifs is 1. The van der Waals surface area contributed by atoms with Gasteiger partial charge in [-0.3, -0.25) is 5.11 Å². The molecule has 0 fully saturated rings. The molecule has 0 saturated heterocycles. The summed E-state index contributed by atoms with van der Waals surface area (Å²) in [6.07, 6.45) is 4.42. The third-order valence-corrected chi connectivity index (χ3v) is 2.68. The first-order valence-electron chi connectivity index (χ1n) is 5.17. The van der Waals surface area contributed by atoms with Crippen molar-refractivity contribution in [2.45, 2.75) is 0 Å². The summed E-state index contributed by atoms with van der Waals surface area (Å²) in [6, 6.07) is 5.08. The topological polar surface area (TPSA) is 95.9 Å². The number of rotatable bonds is 1. The minimum Gasteiger partial charge on any atom is -0.478 e. The molecule has 3 rings (SSSR count). The smallest absolute Gasteiger partial charge is 0.337 e. The van der Waals surface area contributed by atoms with Crippen LogP contribution in [0.25, 0.3) is 11.0 Å². The van der Waals surface area contributed by atoms with Crippen LogP contribution in [0.4, 0.5) is 0 Å². The normalized spacial score (nSPS) is 9.68. The summed E-state index contributed by atoms with van der Waals surface area (Å²) >= 11 is 1.11. The van der Waals surface area contributed by atoms with Crippen LogP contribution in [0, 0.1) is 0 Å². The van der Waals surface area contributed by atoms with Crippen molar-refractivity contribution in [2.24, 2.45) is 0 Å². The van der Waals surface area contributed by atoms with E-state index in [9.17, 15) is 9.90 Å². The fraction of sp³-hybridized carbons (Fsp3) is 0. The first-order chi connectivity index (χ1) is 9.16. The second-order valence-corrected chi connectivity index (χ2v) is 4.23. The van der Waals surface area contributed by atoms with Gasteiger partial charge in [-0.15, -0.1) is 0 Å². The predicted octanol–water partition coefficient (Wildman–Crippen LogP) is 2.61. The first kappa shape index (κ1) is 12.9. The van der Waals surface area contributed by atoms with Crippen LogP contribution in [0.3, 0.4) is 0 Å². The number of carboxylic acid groups (broad SMARTS) is 1. The van der Waals surface area contributed by atoms with Crippen LogP contribution in [-0.4, -0.2) is 26.0 Å². The minimum atomic E-state index is -0.974. The summed E-state index contributed by atoms with van der Waals surface area (Å²) in [4.78, 5) is 21.9. The van der Waals surface area contributed by atoms with Crippen molar-refractivity contribution in [2.75, 3.05) is 0 Å². The maximum absolute atomic E-state index is 10.6. The zero-order valence-corrected chi connectivity index (χ0v) is 10.4. The molecule has 7 heteroatoms. The Hall–Kier alpha value is -2.54. The monoisotopic (exact) mass is 274 g/mol. The molecule has 95 valence electrons. The second kappa shape index (κ2) is 5.87. The van der Waals surface area contributed by atoms with Gasteiger partial charge in [-0.1, -0.05) is 11.3 Å². The van der Waals surface area contributed by atoms with Gasteiger partial charge in [0.1, 0.15) is 0 Å². The highest BCUT2D eigenvalue weighted by molar-refractivity contribution is 7.11. The number of pyridine rings is 2. The van der Waals surface area contributed by atoms with Gasteiger partial charge in [-0.2, -0.15) is 0 Å². The lowest BCUT2D eigenvalue weighted by Gasteiger charge is -1.96. The van der Waals surface area contributed by atoms with Crippen molar-refractivity contribution in [3.05, 3.63) is 47.7 Å². The van der Waals surface area contributed by atoms with Gasteiger partial charge in [-0.25, -0.2) is 19.7 Å². The van der Waals surface area contributed by atoms with E-state index in [-0.39, 0.29) is 10.8 Å². The Labute approximate surface area is 112 Å². The van der Waals surface area contributed by atoms with Crippen molar-refractivity contribution in [1.29, 1.82) is 0 Å². The third-order valence-electron chi connectivity index (χ3n) is 2.11. The minimum absolute atomic E-state index is 0.116. The maximum Gasteiger partial charge on any atom is 0.337 e. The standard InChI is InChI=1S/C9H6N2O2.C3H2NOS/c12-9(13)7-4-6-2-1-3-10-8(6)11-5-7;5-3-4-1-2-6-3/h1-5H,(H,12,13);1-2H. The Balaban J connectivity index is 0.000000186. The van der Waals surface area contributed by atoms with Crippen molar-refractivity contribution in [1.82, 2.24) is 15.0 Å². The van der Waals surface area contributed by atoms with Crippen molar-refractivity contribution >= 4 is 28.3 Å². The molecule has 1 radical (unpaired) electrons. The lowest BCUT2D eigenvalue weighted by molar-refractivity contribution is 0.0696. The molecule has 0 amide bonds. The van der Waals surface area contributed by atoms with Crippen LogP contribution in [0.5, 0.6) is 5.19 Å². The molecule has 0 aromatic carbocycles. The zero-order valence-electron chi connectivity index (χ0n) is 9.56. The molecule has 6 nitrogen and oxygen atoms in total. The lowest BCUT2D eigenvalue weighted by atomic mass is 10.2. The van der Waals surface area contributed by atoms with E-state index in [1.54, 1.807) is 29.8 Å². The van der Waals surface area contributed by atoms with E-state index in [0.29, 0.717) is 5.65 Å². The molecule has 19 heavy (non-hydrogen) atoms. The number of nitrogens with zero attached hydrogens (tertiary/aromatic N) is 3. The Kier molecular flexibility index (Phi) is 3.99. The SMILES string of the molecule is O=C(O)c1cnc2ncccc2c1.[O]c1nccs1. The number of carboxylic acids is 1. The van der Waals surface area contributed by atoms with Gasteiger partial charge in [0, 0.05) is 29.4 Å². The molecule has 0 aliphatic carbocycles. The van der Waals surface area contributed by atoms with E-state index in [1.165, 1.54) is 12.4 Å². The summed E-state index contributed by atoms with van der Waals surface area (Å²) in [6.45, 7) is 0. The number of thiazole rings is 1. The average molecular weight is 274 g/mol. The molecular formula is C12H8N3O3S. The molecule has 0 bridgehead atoms. The van der Waals surface area contributed by atoms with Gasteiger partial charge in [0.25, 0.3) is 0 Å². The fourth-order valence-electron chi connectivity index (χ4n) is 1.29. The number of aromatic nitrogens is 3. The van der Waals surface area contributed by atoms with Gasteiger partial charge in [0.05, 0.1) is 5.56 Å². The van der Waals surface area contributed by atoms with Crippen molar-refractivity contribution in [3.63, 3.8) is 0 Å². The van der Waals surface area contributed by atoms with Gasteiger partial charge in [0.15, 0.2) is 5.65 Å². The van der Waals surface area contributed by atoms with E-state index >= 15 is 0 Å². The van der Waals surface area contributed by atoms with Crippen LogP contribution < -0.4 is 0 Å². The number of aromatic carboxylic acids is 1. The van der Waals surface area contributed by atoms with E-state index in [2.05, 4.69) is 15.0 Å². The number of hydrogen-bond donors (Lipinski definition) is 1. The molecule has 0 unspecified atom stereocenters. The predicted molar refractivity (Wildman–Crippen MR) is 68.7 cm³/mol. The molecule has 1 N–H and O–H groups in total. The molecule has 0 aliphatic rings. The molecular weight excluding hydrogens is 266 g/mol. The van der Waals surface area contributed by atoms with Gasteiger partial charge < -0.3 is 5.11 Å². The summed E-state index contributed by atoms with van der Waals surface area (Å²) in [7, 11) is 0. The molecule has 3 heterocycles. The van der Waals surface area contributed by atoms with Gasteiger partial charge in [0.2, 0.25) is 0 Å². The highest BCUT2D eigenvalue weighted by atomic mass is 32.1. The van der Waals surface area contributed by atoms with Crippen molar-refractivity contribution in [3.8, 4) is 5.19 Å². The molecule has 0 spiro atoms. The Morgan fingerprint density at radius 2 is 2.05 bits per heavy atom. The summed E-state index contributed by atoms with van der Waals surface area (Å²) in [5.74, 6) is -0.974. The molecule has 0 aliphatic heterocycles. The van der Waals surface area contributed by atoms with E-state index < -0.39 is 5.97 Å².